The Morgan fingerprint density at radius 2 is 1.72 bits per heavy atom. The Bertz CT molecular complexity index is 304. The lowest BCUT2D eigenvalue weighted by molar-refractivity contribution is 0.274. The first kappa shape index (κ1) is 17.9. The summed E-state index contributed by atoms with van der Waals surface area (Å²) in [6.07, 6.45) is 1.80. The van der Waals surface area contributed by atoms with Crippen LogP contribution in [0.4, 0.5) is 0 Å². The van der Waals surface area contributed by atoms with Crippen LogP contribution in [0, 0.1) is 11.2 Å². The Hall–Kier alpha value is -0.133. The van der Waals surface area contributed by atoms with Crippen molar-refractivity contribution in [3.05, 3.63) is 12.7 Å². The molecule has 4 heteroatoms. The summed E-state index contributed by atoms with van der Waals surface area (Å²) in [5.74, 6) is 0. The smallest absolute Gasteiger partial charge is 0.187 e. The van der Waals surface area contributed by atoms with Crippen LogP contribution >= 0.6 is 8.30 Å². The highest BCUT2D eigenvalue weighted by molar-refractivity contribution is 7.55. The van der Waals surface area contributed by atoms with Gasteiger partial charge in [0.25, 0.3) is 0 Å². The lowest BCUT2D eigenvalue weighted by Gasteiger charge is -2.34. The Morgan fingerprint density at radius 1 is 1.22 bits per heavy atom. The van der Waals surface area contributed by atoms with Gasteiger partial charge >= 0.3 is 0 Å². The summed E-state index contributed by atoms with van der Waals surface area (Å²) >= 11 is 0. The summed E-state index contributed by atoms with van der Waals surface area (Å²) in [7, 11) is -2.19. The number of rotatable bonds is 6. The fourth-order valence-electron chi connectivity index (χ4n) is 1.51. The Morgan fingerprint density at radius 3 is 2.06 bits per heavy atom. The minimum Gasteiger partial charge on any atom is -0.330 e. The molecule has 0 aromatic rings. The minimum atomic E-state index is -1.35. The third kappa shape index (κ3) is 7.33. The predicted molar refractivity (Wildman–Crippen MR) is 86.3 cm³/mol. The standard InChI is InChI=1S/C14H28NOPSi/c1-9-10-16-17(11-12-18(6,7)8)15(13(2)3)14(4)5/h9,13-14H,1,10H2,2-8H3. The van der Waals surface area contributed by atoms with Gasteiger partial charge in [-0.05, 0) is 33.4 Å². The fourth-order valence-corrected chi connectivity index (χ4v) is 4.63. The molecule has 0 rings (SSSR count). The van der Waals surface area contributed by atoms with Crippen LogP contribution < -0.4 is 0 Å². The highest BCUT2D eigenvalue weighted by Gasteiger charge is 2.24. The van der Waals surface area contributed by atoms with Gasteiger partial charge in [-0.25, -0.2) is 4.67 Å². The molecule has 0 radical (unpaired) electrons. The minimum absolute atomic E-state index is 0.442. The van der Waals surface area contributed by atoms with Crippen LogP contribution in [-0.2, 0) is 4.52 Å². The molecule has 1 atom stereocenters. The molecule has 0 amide bonds. The SMILES string of the molecule is C=CCOP(C#C[Si](C)(C)C)N(C(C)C)C(C)C. The van der Waals surface area contributed by atoms with Crippen LogP contribution in [0.25, 0.3) is 0 Å². The second-order valence-electron chi connectivity index (χ2n) is 5.91. The van der Waals surface area contributed by atoms with E-state index in [1.54, 1.807) is 6.08 Å². The highest BCUT2D eigenvalue weighted by Crippen LogP contribution is 2.43. The largest absolute Gasteiger partial charge is 0.330 e. The summed E-state index contributed by atoms with van der Waals surface area (Å²) < 4.78 is 8.26. The van der Waals surface area contributed by atoms with Gasteiger partial charge in [0.15, 0.2) is 8.30 Å². The van der Waals surface area contributed by atoms with E-state index in [-0.39, 0.29) is 0 Å². The zero-order valence-electron chi connectivity index (χ0n) is 12.9. The quantitative estimate of drug-likeness (QED) is 0.309. The van der Waals surface area contributed by atoms with Gasteiger partial charge in [-0.15, -0.1) is 12.1 Å². The summed E-state index contributed by atoms with van der Waals surface area (Å²) in [5.41, 5.74) is 6.83. The molecule has 0 aromatic heterocycles. The van der Waals surface area contributed by atoms with Crippen LogP contribution in [0.15, 0.2) is 12.7 Å². The van der Waals surface area contributed by atoms with Crippen molar-refractivity contribution in [2.45, 2.75) is 59.4 Å². The van der Waals surface area contributed by atoms with Crippen molar-refractivity contribution in [1.29, 1.82) is 0 Å². The van der Waals surface area contributed by atoms with Gasteiger partial charge in [0.1, 0.15) is 8.07 Å². The highest BCUT2D eigenvalue weighted by atomic mass is 31.2. The molecule has 18 heavy (non-hydrogen) atoms. The van der Waals surface area contributed by atoms with E-state index in [2.05, 4.69) is 69.8 Å². The molecule has 0 N–H and O–H groups in total. The van der Waals surface area contributed by atoms with Crippen molar-refractivity contribution in [1.82, 2.24) is 4.67 Å². The zero-order chi connectivity index (χ0) is 14.3. The molecule has 0 bridgehead atoms. The van der Waals surface area contributed by atoms with Crippen LogP contribution in [0.2, 0.25) is 19.6 Å². The average molecular weight is 285 g/mol. The second-order valence-corrected chi connectivity index (χ2v) is 12.2. The summed E-state index contributed by atoms with van der Waals surface area (Å²) in [5, 5.41) is 0. The third-order valence-electron chi connectivity index (χ3n) is 2.11. The van der Waals surface area contributed by atoms with E-state index in [1.165, 1.54) is 0 Å². The van der Waals surface area contributed by atoms with Gasteiger partial charge in [0, 0.05) is 12.1 Å². The molecule has 1 unspecified atom stereocenters. The molecule has 0 aliphatic heterocycles. The van der Waals surface area contributed by atoms with Crippen molar-refractivity contribution in [3.8, 4) is 11.2 Å². The lowest BCUT2D eigenvalue weighted by Crippen LogP contribution is -2.32. The molecule has 0 saturated carbocycles. The monoisotopic (exact) mass is 285 g/mol. The third-order valence-corrected chi connectivity index (χ3v) is 5.23. The molecule has 0 aromatic carbocycles. The summed E-state index contributed by atoms with van der Waals surface area (Å²) in [4.78, 5) is 0. The van der Waals surface area contributed by atoms with Gasteiger partial charge in [0.05, 0.1) is 6.61 Å². The summed E-state index contributed by atoms with van der Waals surface area (Å²) in [6.45, 7) is 19.9. The maximum atomic E-state index is 5.89. The van der Waals surface area contributed by atoms with Crippen molar-refractivity contribution >= 4 is 16.4 Å². The number of hydrogen-bond donors (Lipinski definition) is 0. The molecule has 0 saturated heterocycles. The van der Waals surface area contributed by atoms with Crippen LogP contribution in [0.5, 0.6) is 0 Å². The van der Waals surface area contributed by atoms with E-state index in [0.29, 0.717) is 18.7 Å². The van der Waals surface area contributed by atoms with Gasteiger partial charge < -0.3 is 4.52 Å². The van der Waals surface area contributed by atoms with E-state index in [1.807, 2.05) is 0 Å². The maximum absolute atomic E-state index is 5.89. The first-order valence-electron chi connectivity index (χ1n) is 6.54. The van der Waals surface area contributed by atoms with E-state index >= 15 is 0 Å². The van der Waals surface area contributed by atoms with Crippen LogP contribution in [0.1, 0.15) is 27.7 Å². The van der Waals surface area contributed by atoms with Crippen molar-refractivity contribution in [3.63, 3.8) is 0 Å². The normalized spacial score (nSPS) is 13.7. The fraction of sp³-hybridized carbons (Fsp3) is 0.714. The molecule has 0 aliphatic carbocycles. The van der Waals surface area contributed by atoms with E-state index in [0.717, 1.165) is 0 Å². The number of hydrogen-bond acceptors (Lipinski definition) is 2. The Kier molecular flexibility index (Phi) is 8.06. The first-order valence-corrected chi connectivity index (χ1v) is 11.2. The van der Waals surface area contributed by atoms with E-state index < -0.39 is 16.4 Å². The molecule has 0 heterocycles. The molecule has 0 aliphatic rings. The maximum Gasteiger partial charge on any atom is 0.187 e. The average Bonchev–Trinajstić information content (AvgIpc) is 2.19. The molecule has 2 nitrogen and oxygen atoms in total. The van der Waals surface area contributed by atoms with E-state index in [4.69, 9.17) is 4.52 Å². The predicted octanol–water partition coefficient (Wildman–Crippen LogP) is 4.46. The summed E-state index contributed by atoms with van der Waals surface area (Å²) in [6, 6.07) is 0.883. The van der Waals surface area contributed by atoms with Gasteiger partial charge in [0.2, 0.25) is 0 Å². The molecular formula is C14H28NOPSi. The molecular weight excluding hydrogens is 257 g/mol. The topological polar surface area (TPSA) is 12.5 Å². The molecule has 0 fully saturated rings. The van der Waals surface area contributed by atoms with Crippen molar-refractivity contribution in [2.75, 3.05) is 6.61 Å². The van der Waals surface area contributed by atoms with Crippen LogP contribution in [0.3, 0.4) is 0 Å². The van der Waals surface area contributed by atoms with Crippen molar-refractivity contribution in [2.24, 2.45) is 0 Å². The van der Waals surface area contributed by atoms with Gasteiger partial charge in [-0.1, -0.05) is 25.7 Å². The molecule has 104 valence electrons. The Labute approximate surface area is 116 Å². The first-order chi connectivity index (χ1) is 8.19. The lowest BCUT2D eigenvalue weighted by atomic mass is 10.3. The second kappa shape index (κ2) is 8.12. The van der Waals surface area contributed by atoms with Gasteiger partial charge in [-0.3, -0.25) is 0 Å². The van der Waals surface area contributed by atoms with Crippen LogP contribution in [-0.4, -0.2) is 31.4 Å². The zero-order valence-corrected chi connectivity index (χ0v) is 14.8. The van der Waals surface area contributed by atoms with Gasteiger partial charge in [-0.2, -0.15) is 0 Å². The van der Waals surface area contributed by atoms with E-state index in [9.17, 15) is 0 Å². The van der Waals surface area contributed by atoms with Crippen molar-refractivity contribution < 1.29 is 4.52 Å². The Balaban J connectivity index is 5.04. The number of nitrogens with zero attached hydrogens (tertiary/aromatic N) is 1. The molecule has 0 spiro atoms.